The molecule has 0 N–H and O–H groups in total. The first-order chi connectivity index (χ1) is 5.77. The molecule has 0 aliphatic rings. The third kappa shape index (κ3) is 9.36. The van der Waals surface area contributed by atoms with Gasteiger partial charge in [-0.1, -0.05) is 13.3 Å². The number of nitrogens with zero attached hydrogens (tertiary/aromatic N) is 1. The van der Waals surface area contributed by atoms with Crippen molar-refractivity contribution in [3.05, 3.63) is 10.1 Å². The summed E-state index contributed by atoms with van der Waals surface area (Å²) >= 11 is 0. The van der Waals surface area contributed by atoms with Crippen LogP contribution in [0, 0.1) is 10.1 Å². The van der Waals surface area contributed by atoms with E-state index in [-0.39, 0.29) is 11.5 Å². The van der Waals surface area contributed by atoms with Crippen molar-refractivity contribution in [3.63, 3.8) is 0 Å². The first-order valence-electron chi connectivity index (χ1n) is 4.47. The summed E-state index contributed by atoms with van der Waals surface area (Å²) in [5.41, 5.74) is 0. The maximum absolute atomic E-state index is 9.90. The smallest absolute Gasteiger partial charge is 0.204 e. The van der Waals surface area contributed by atoms with E-state index in [1.807, 2.05) is 0 Å². The molecule has 0 radical (unpaired) electrons. The number of ether oxygens (including phenoxy) is 1. The van der Waals surface area contributed by atoms with Gasteiger partial charge < -0.3 is 4.74 Å². The van der Waals surface area contributed by atoms with Crippen molar-refractivity contribution in [2.75, 3.05) is 19.8 Å². The van der Waals surface area contributed by atoms with Gasteiger partial charge in [0.05, 0.1) is 0 Å². The molecule has 0 rings (SSSR count). The molecule has 0 aliphatic carbocycles. The molecule has 0 saturated carbocycles. The lowest BCUT2D eigenvalue weighted by Crippen LogP contribution is -2.03. The van der Waals surface area contributed by atoms with Gasteiger partial charge in [0.15, 0.2) is 0 Å². The minimum Gasteiger partial charge on any atom is -0.381 e. The maximum atomic E-state index is 9.90. The number of rotatable bonds is 8. The van der Waals surface area contributed by atoms with Gasteiger partial charge in [0.25, 0.3) is 0 Å². The first kappa shape index (κ1) is 11.4. The second kappa shape index (κ2) is 8.46. The van der Waals surface area contributed by atoms with E-state index in [0.29, 0.717) is 13.0 Å². The van der Waals surface area contributed by atoms with Crippen LogP contribution in [0.3, 0.4) is 0 Å². The SMILES string of the molecule is CCCCOCCCC[N+](=O)[O-]. The van der Waals surface area contributed by atoms with Crippen molar-refractivity contribution in [1.82, 2.24) is 0 Å². The van der Waals surface area contributed by atoms with Gasteiger partial charge >= 0.3 is 0 Å². The summed E-state index contributed by atoms with van der Waals surface area (Å²) in [7, 11) is 0. The Morgan fingerprint density at radius 3 is 2.50 bits per heavy atom. The van der Waals surface area contributed by atoms with E-state index in [1.54, 1.807) is 0 Å². The van der Waals surface area contributed by atoms with Crippen molar-refractivity contribution in [2.24, 2.45) is 0 Å². The van der Waals surface area contributed by atoms with Crippen molar-refractivity contribution in [3.8, 4) is 0 Å². The number of hydrogen-bond acceptors (Lipinski definition) is 3. The standard InChI is InChI=1S/C8H17NO3/c1-2-3-7-12-8-5-4-6-9(10)11/h2-8H2,1H3. The molecule has 0 fully saturated rings. The molecule has 0 bridgehead atoms. The molecule has 4 nitrogen and oxygen atoms in total. The summed E-state index contributed by atoms with van der Waals surface area (Å²) in [6.45, 7) is 3.62. The number of unbranched alkanes of at least 4 members (excludes halogenated alkanes) is 2. The van der Waals surface area contributed by atoms with Crippen LogP contribution >= 0.6 is 0 Å². The Kier molecular flexibility index (Phi) is 8.01. The number of hydrogen-bond donors (Lipinski definition) is 0. The van der Waals surface area contributed by atoms with Crippen LogP contribution in [0.2, 0.25) is 0 Å². The molecule has 12 heavy (non-hydrogen) atoms. The van der Waals surface area contributed by atoms with E-state index in [0.717, 1.165) is 25.9 Å². The van der Waals surface area contributed by atoms with Crippen LogP contribution in [0.5, 0.6) is 0 Å². The molecule has 0 aliphatic heterocycles. The Morgan fingerprint density at radius 2 is 1.92 bits per heavy atom. The van der Waals surface area contributed by atoms with Crippen molar-refractivity contribution >= 4 is 0 Å². The fourth-order valence-electron chi connectivity index (χ4n) is 0.793. The Labute approximate surface area is 73.1 Å². The highest BCUT2D eigenvalue weighted by Crippen LogP contribution is 1.93. The zero-order valence-corrected chi connectivity index (χ0v) is 7.62. The van der Waals surface area contributed by atoms with E-state index in [4.69, 9.17) is 4.74 Å². The molecule has 0 saturated heterocycles. The van der Waals surface area contributed by atoms with E-state index in [9.17, 15) is 10.1 Å². The molecular weight excluding hydrogens is 158 g/mol. The molecule has 0 amide bonds. The van der Waals surface area contributed by atoms with Gasteiger partial charge in [0.1, 0.15) is 0 Å². The van der Waals surface area contributed by atoms with E-state index in [2.05, 4.69) is 6.92 Å². The highest BCUT2D eigenvalue weighted by molar-refractivity contribution is 4.38. The average molecular weight is 175 g/mol. The second-order valence-corrected chi connectivity index (χ2v) is 2.73. The van der Waals surface area contributed by atoms with Gasteiger partial charge in [-0.15, -0.1) is 0 Å². The van der Waals surface area contributed by atoms with Crippen LogP contribution in [-0.4, -0.2) is 24.7 Å². The van der Waals surface area contributed by atoms with Crippen molar-refractivity contribution in [2.45, 2.75) is 32.6 Å². The zero-order chi connectivity index (χ0) is 9.23. The molecule has 0 heterocycles. The summed E-state index contributed by atoms with van der Waals surface area (Å²) in [5, 5.41) is 9.90. The fourth-order valence-corrected chi connectivity index (χ4v) is 0.793. The van der Waals surface area contributed by atoms with Gasteiger partial charge in [0.2, 0.25) is 6.54 Å². The third-order valence-electron chi connectivity index (χ3n) is 1.52. The quantitative estimate of drug-likeness (QED) is 0.321. The van der Waals surface area contributed by atoms with E-state index in [1.165, 1.54) is 0 Å². The Hall–Kier alpha value is -0.640. The predicted molar refractivity (Wildman–Crippen MR) is 46.8 cm³/mol. The van der Waals surface area contributed by atoms with Gasteiger partial charge in [-0.3, -0.25) is 10.1 Å². The van der Waals surface area contributed by atoms with E-state index >= 15 is 0 Å². The highest BCUT2D eigenvalue weighted by Gasteiger charge is 1.95. The molecule has 0 aromatic rings. The lowest BCUT2D eigenvalue weighted by atomic mass is 10.3. The molecule has 0 spiro atoms. The summed E-state index contributed by atoms with van der Waals surface area (Å²) < 4.78 is 5.23. The fraction of sp³-hybridized carbons (Fsp3) is 1.00. The van der Waals surface area contributed by atoms with Crippen molar-refractivity contribution < 1.29 is 9.66 Å². The molecule has 72 valence electrons. The van der Waals surface area contributed by atoms with Crippen molar-refractivity contribution in [1.29, 1.82) is 0 Å². The maximum Gasteiger partial charge on any atom is 0.204 e. The molecular formula is C8H17NO3. The lowest BCUT2D eigenvalue weighted by Gasteiger charge is -2.00. The minimum atomic E-state index is -0.286. The molecule has 0 aromatic heterocycles. The minimum absolute atomic E-state index is 0.0666. The van der Waals surface area contributed by atoms with E-state index < -0.39 is 0 Å². The first-order valence-corrected chi connectivity index (χ1v) is 4.47. The summed E-state index contributed by atoms with van der Waals surface area (Å²) in [5.74, 6) is 0. The van der Waals surface area contributed by atoms with Gasteiger partial charge in [-0.25, -0.2) is 0 Å². The summed E-state index contributed by atoms with van der Waals surface area (Å²) in [6.07, 6.45) is 3.63. The molecule has 0 unspecified atom stereocenters. The van der Waals surface area contributed by atoms with Crippen LogP contribution in [0.25, 0.3) is 0 Å². The Morgan fingerprint density at radius 1 is 1.25 bits per heavy atom. The topological polar surface area (TPSA) is 52.4 Å². The molecule has 0 aromatic carbocycles. The average Bonchev–Trinajstić information content (AvgIpc) is 2.02. The normalized spacial score (nSPS) is 10.1. The van der Waals surface area contributed by atoms with Crippen LogP contribution < -0.4 is 0 Å². The Balaban J connectivity index is 2.86. The van der Waals surface area contributed by atoms with Crippen LogP contribution in [0.15, 0.2) is 0 Å². The summed E-state index contributed by atoms with van der Waals surface area (Å²) in [4.78, 5) is 9.61. The third-order valence-corrected chi connectivity index (χ3v) is 1.52. The van der Waals surface area contributed by atoms with Crippen LogP contribution in [0.4, 0.5) is 0 Å². The Bertz CT molecular complexity index is 117. The zero-order valence-electron chi connectivity index (χ0n) is 7.62. The monoisotopic (exact) mass is 175 g/mol. The predicted octanol–water partition coefficient (Wildman–Crippen LogP) is 1.86. The van der Waals surface area contributed by atoms with Gasteiger partial charge in [-0.2, -0.15) is 0 Å². The largest absolute Gasteiger partial charge is 0.381 e. The second-order valence-electron chi connectivity index (χ2n) is 2.73. The highest BCUT2D eigenvalue weighted by atomic mass is 16.6. The van der Waals surface area contributed by atoms with Crippen LogP contribution in [-0.2, 0) is 4.74 Å². The molecule has 0 atom stereocenters. The molecule has 4 heteroatoms. The summed E-state index contributed by atoms with van der Waals surface area (Å²) in [6, 6.07) is 0. The van der Waals surface area contributed by atoms with Gasteiger partial charge in [0, 0.05) is 24.6 Å². The van der Waals surface area contributed by atoms with Crippen LogP contribution in [0.1, 0.15) is 32.6 Å². The number of nitro groups is 1. The lowest BCUT2D eigenvalue weighted by molar-refractivity contribution is -0.480. The van der Waals surface area contributed by atoms with Gasteiger partial charge in [-0.05, 0) is 12.8 Å².